The smallest absolute Gasteiger partial charge is 0.248 e. The Balaban J connectivity index is 1.25. The molecule has 2 aliphatic carbocycles. The number of likely N-dealkylation sites (tertiary alicyclic amines) is 1. The van der Waals surface area contributed by atoms with Crippen molar-refractivity contribution < 1.29 is 14.1 Å². The molecule has 2 heterocycles. The second-order valence-corrected chi connectivity index (χ2v) is 8.08. The van der Waals surface area contributed by atoms with Gasteiger partial charge in [-0.15, -0.1) is 0 Å². The standard InChI is InChI=1S/C19H28N4O3/c1-12(18-21-16(22-26-18)13-6-7-13)20-17(24)14-8-10-23(11-9-14)19(25)15-4-2-3-5-15/h12-15H,2-11H2,1H3,(H,20,24)/t12-/m1/s1. The van der Waals surface area contributed by atoms with Gasteiger partial charge in [0.05, 0.1) is 0 Å². The molecule has 2 amide bonds. The van der Waals surface area contributed by atoms with Crippen molar-refractivity contribution in [3.63, 3.8) is 0 Å². The van der Waals surface area contributed by atoms with E-state index in [0.29, 0.717) is 30.8 Å². The van der Waals surface area contributed by atoms with Gasteiger partial charge in [0.2, 0.25) is 17.7 Å². The summed E-state index contributed by atoms with van der Waals surface area (Å²) in [5.74, 6) is 2.19. The Bertz CT molecular complexity index is 655. The zero-order valence-corrected chi connectivity index (χ0v) is 15.4. The van der Waals surface area contributed by atoms with Gasteiger partial charge in [-0.05, 0) is 45.4 Å². The first-order valence-electron chi connectivity index (χ1n) is 10.0. The highest BCUT2D eigenvalue weighted by molar-refractivity contribution is 5.81. The number of carbonyl (C=O) groups excluding carboxylic acids is 2. The van der Waals surface area contributed by atoms with E-state index in [1.165, 1.54) is 12.8 Å². The first-order chi connectivity index (χ1) is 12.6. The summed E-state index contributed by atoms with van der Waals surface area (Å²) >= 11 is 0. The molecule has 0 aromatic carbocycles. The fourth-order valence-corrected chi connectivity index (χ4v) is 4.12. The predicted octanol–water partition coefficient (Wildman–Crippen LogP) is 2.55. The predicted molar refractivity (Wildman–Crippen MR) is 94.1 cm³/mol. The third kappa shape index (κ3) is 3.76. The van der Waals surface area contributed by atoms with Gasteiger partial charge in [-0.2, -0.15) is 4.98 Å². The van der Waals surface area contributed by atoms with E-state index in [4.69, 9.17) is 4.52 Å². The Morgan fingerprint density at radius 1 is 1.08 bits per heavy atom. The summed E-state index contributed by atoms with van der Waals surface area (Å²) in [7, 11) is 0. The lowest BCUT2D eigenvalue weighted by Crippen LogP contribution is -2.45. The Hall–Kier alpha value is -1.92. The number of rotatable bonds is 5. The summed E-state index contributed by atoms with van der Waals surface area (Å²) in [5.41, 5.74) is 0. The van der Waals surface area contributed by atoms with E-state index >= 15 is 0 Å². The first-order valence-corrected chi connectivity index (χ1v) is 10.0. The van der Waals surface area contributed by atoms with Crippen molar-refractivity contribution in [1.29, 1.82) is 0 Å². The molecule has 0 unspecified atom stereocenters. The molecule has 1 N–H and O–H groups in total. The van der Waals surface area contributed by atoms with Crippen LogP contribution in [0.5, 0.6) is 0 Å². The van der Waals surface area contributed by atoms with Crippen molar-refractivity contribution >= 4 is 11.8 Å². The SMILES string of the molecule is C[C@@H](NC(=O)C1CCN(C(=O)C2CCCC2)CC1)c1nc(C2CC2)no1. The molecule has 2 saturated carbocycles. The Labute approximate surface area is 153 Å². The number of hydrogen-bond donors (Lipinski definition) is 1. The van der Waals surface area contributed by atoms with Crippen LogP contribution < -0.4 is 5.32 Å². The fraction of sp³-hybridized carbons (Fsp3) is 0.789. The number of amides is 2. The normalized spacial score (nSPS) is 23.2. The highest BCUT2D eigenvalue weighted by atomic mass is 16.5. The molecule has 3 fully saturated rings. The van der Waals surface area contributed by atoms with Gasteiger partial charge in [-0.3, -0.25) is 9.59 Å². The maximum absolute atomic E-state index is 12.6. The van der Waals surface area contributed by atoms with Crippen molar-refractivity contribution in [3.8, 4) is 0 Å². The summed E-state index contributed by atoms with van der Waals surface area (Å²) in [6.07, 6.45) is 8.11. The third-order valence-electron chi connectivity index (χ3n) is 6.01. The number of hydrogen-bond acceptors (Lipinski definition) is 5. The molecular formula is C19H28N4O3. The van der Waals surface area contributed by atoms with Crippen LogP contribution in [0.15, 0.2) is 4.52 Å². The molecule has 0 radical (unpaired) electrons. The van der Waals surface area contributed by atoms with Crippen LogP contribution >= 0.6 is 0 Å². The maximum Gasteiger partial charge on any atom is 0.248 e. The van der Waals surface area contributed by atoms with Crippen LogP contribution in [0.3, 0.4) is 0 Å². The number of carbonyl (C=O) groups is 2. The first kappa shape index (κ1) is 17.5. The lowest BCUT2D eigenvalue weighted by Gasteiger charge is -2.33. The minimum Gasteiger partial charge on any atom is -0.344 e. The monoisotopic (exact) mass is 360 g/mol. The van der Waals surface area contributed by atoms with Crippen LogP contribution in [0.2, 0.25) is 0 Å². The number of aromatic nitrogens is 2. The van der Waals surface area contributed by atoms with Crippen LogP contribution in [0.25, 0.3) is 0 Å². The van der Waals surface area contributed by atoms with Gasteiger partial charge in [-0.25, -0.2) is 0 Å². The topological polar surface area (TPSA) is 88.3 Å². The van der Waals surface area contributed by atoms with Crippen LogP contribution in [0.4, 0.5) is 0 Å². The van der Waals surface area contributed by atoms with Gasteiger partial charge in [-0.1, -0.05) is 18.0 Å². The summed E-state index contributed by atoms with van der Waals surface area (Å²) in [6.45, 7) is 3.25. The molecule has 1 atom stereocenters. The van der Waals surface area contributed by atoms with Gasteiger partial charge >= 0.3 is 0 Å². The molecule has 0 spiro atoms. The molecule has 4 rings (SSSR count). The summed E-state index contributed by atoms with van der Waals surface area (Å²) < 4.78 is 5.29. The molecule has 7 heteroatoms. The molecule has 26 heavy (non-hydrogen) atoms. The second kappa shape index (κ2) is 7.37. The lowest BCUT2D eigenvalue weighted by molar-refractivity contribution is -0.139. The minimum atomic E-state index is -0.277. The Morgan fingerprint density at radius 3 is 2.42 bits per heavy atom. The highest BCUT2D eigenvalue weighted by Gasteiger charge is 2.33. The number of nitrogens with zero attached hydrogens (tertiary/aromatic N) is 3. The zero-order chi connectivity index (χ0) is 18.1. The maximum atomic E-state index is 12.6. The van der Waals surface area contributed by atoms with Crippen molar-refractivity contribution in [2.75, 3.05) is 13.1 Å². The minimum absolute atomic E-state index is 0.0247. The average Bonchev–Trinajstić information content (AvgIpc) is 3.15. The Morgan fingerprint density at radius 2 is 1.77 bits per heavy atom. The summed E-state index contributed by atoms with van der Waals surface area (Å²) in [5, 5.41) is 7.00. The largest absolute Gasteiger partial charge is 0.344 e. The summed E-state index contributed by atoms with van der Waals surface area (Å²) in [4.78, 5) is 31.4. The van der Waals surface area contributed by atoms with Gasteiger partial charge in [0.25, 0.3) is 0 Å². The zero-order valence-electron chi connectivity index (χ0n) is 15.4. The van der Waals surface area contributed by atoms with E-state index in [2.05, 4.69) is 15.5 Å². The van der Waals surface area contributed by atoms with Gasteiger partial charge < -0.3 is 14.7 Å². The van der Waals surface area contributed by atoms with Crippen molar-refractivity contribution in [1.82, 2.24) is 20.4 Å². The van der Waals surface area contributed by atoms with Crippen molar-refractivity contribution in [2.24, 2.45) is 11.8 Å². The van der Waals surface area contributed by atoms with E-state index in [1.54, 1.807) is 0 Å². The van der Waals surface area contributed by atoms with E-state index < -0.39 is 0 Å². The van der Waals surface area contributed by atoms with Gasteiger partial charge in [0, 0.05) is 30.8 Å². The molecular weight excluding hydrogens is 332 g/mol. The molecule has 1 aromatic rings. The molecule has 142 valence electrons. The molecule has 1 aromatic heterocycles. The van der Waals surface area contributed by atoms with E-state index in [0.717, 1.165) is 44.3 Å². The third-order valence-corrected chi connectivity index (χ3v) is 6.01. The number of nitrogens with one attached hydrogen (secondary N) is 1. The van der Waals surface area contributed by atoms with E-state index in [-0.39, 0.29) is 23.8 Å². The molecule has 7 nitrogen and oxygen atoms in total. The molecule has 1 saturated heterocycles. The quantitative estimate of drug-likeness (QED) is 0.872. The van der Waals surface area contributed by atoms with E-state index in [9.17, 15) is 9.59 Å². The van der Waals surface area contributed by atoms with Crippen LogP contribution in [0.1, 0.15) is 82.0 Å². The molecule has 0 bridgehead atoms. The van der Waals surface area contributed by atoms with Crippen LogP contribution in [0, 0.1) is 11.8 Å². The van der Waals surface area contributed by atoms with Gasteiger partial charge in [0.15, 0.2) is 5.82 Å². The Kier molecular flexibility index (Phi) is 4.96. The number of piperidine rings is 1. The van der Waals surface area contributed by atoms with Crippen LogP contribution in [-0.2, 0) is 9.59 Å². The lowest BCUT2D eigenvalue weighted by atomic mass is 9.94. The molecule has 1 aliphatic heterocycles. The average molecular weight is 360 g/mol. The van der Waals surface area contributed by atoms with Gasteiger partial charge in [0.1, 0.15) is 6.04 Å². The molecule has 3 aliphatic rings. The van der Waals surface area contributed by atoms with Crippen molar-refractivity contribution in [3.05, 3.63) is 11.7 Å². The fourth-order valence-electron chi connectivity index (χ4n) is 4.12. The second-order valence-electron chi connectivity index (χ2n) is 8.08. The summed E-state index contributed by atoms with van der Waals surface area (Å²) in [6, 6.07) is -0.277. The highest BCUT2D eigenvalue weighted by Crippen LogP contribution is 2.38. The van der Waals surface area contributed by atoms with Crippen molar-refractivity contribution in [2.45, 2.75) is 70.3 Å². The van der Waals surface area contributed by atoms with E-state index in [1.807, 2.05) is 11.8 Å². The van der Waals surface area contributed by atoms with Crippen LogP contribution in [-0.4, -0.2) is 39.9 Å².